The van der Waals surface area contributed by atoms with Crippen molar-refractivity contribution in [1.82, 2.24) is 14.9 Å². The van der Waals surface area contributed by atoms with Crippen molar-refractivity contribution in [3.63, 3.8) is 0 Å². The van der Waals surface area contributed by atoms with Gasteiger partial charge in [0, 0.05) is 30.3 Å². The van der Waals surface area contributed by atoms with E-state index in [9.17, 15) is 14.4 Å². The van der Waals surface area contributed by atoms with E-state index in [4.69, 9.17) is 9.47 Å². The van der Waals surface area contributed by atoms with E-state index in [2.05, 4.69) is 10.3 Å². The number of methoxy groups -OCH3 is 1. The average Bonchev–Trinajstić information content (AvgIpc) is 2.63. The van der Waals surface area contributed by atoms with Crippen molar-refractivity contribution in [1.29, 1.82) is 0 Å². The maximum absolute atomic E-state index is 12.1. The summed E-state index contributed by atoms with van der Waals surface area (Å²) in [6, 6.07) is 5.70. The Morgan fingerprint density at radius 1 is 1.42 bits per heavy atom. The number of ether oxygens (including phenoxy) is 2. The third-order valence-electron chi connectivity index (χ3n) is 4.35. The number of hydrogen-bond acceptors (Lipinski definition) is 5. The van der Waals surface area contributed by atoms with Gasteiger partial charge in [-0.3, -0.25) is 19.1 Å². The number of rotatable bonds is 5. The molecular formula is C18H21N3O5. The van der Waals surface area contributed by atoms with Gasteiger partial charge in [0.1, 0.15) is 18.0 Å². The molecule has 0 fully saturated rings. The normalized spacial score (nSPS) is 15.7. The van der Waals surface area contributed by atoms with Crippen LogP contribution in [0.4, 0.5) is 0 Å². The van der Waals surface area contributed by atoms with Gasteiger partial charge in [0.05, 0.1) is 13.7 Å². The van der Waals surface area contributed by atoms with Gasteiger partial charge in [0.15, 0.2) is 0 Å². The van der Waals surface area contributed by atoms with Gasteiger partial charge in [-0.1, -0.05) is 6.07 Å². The second kappa shape index (κ2) is 7.47. The molecule has 0 saturated carbocycles. The van der Waals surface area contributed by atoms with E-state index in [1.54, 1.807) is 14.0 Å². The second-order valence-corrected chi connectivity index (χ2v) is 6.36. The lowest BCUT2D eigenvalue weighted by Gasteiger charge is -2.25. The number of nitrogens with zero attached hydrogens (tertiary/aromatic N) is 1. The summed E-state index contributed by atoms with van der Waals surface area (Å²) < 4.78 is 12.1. The number of fused-ring (bicyclic) bond motifs is 1. The summed E-state index contributed by atoms with van der Waals surface area (Å²) in [5.41, 5.74) is 0.412. The molecule has 1 atom stereocenters. The molecule has 0 bridgehead atoms. The first-order chi connectivity index (χ1) is 12.5. The van der Waals surface area contributed by atoms with Crippen molar-refractivity contribution < 1.29 is 14.3 Å². The number of nitrogens with one attached hydrogen (secondary N) is 2. The first-order valence-electron chi connectivity index (χ1n) is 8.33. The van der Waals surface area contributed by atoms with Gasteiger partial charge in [-0.2, -0.15) is 0 Å². The number of H-pyrrole nitrogens is 1. The van der Waals surface area contributed by atoms with Gasteiger partial charge < -0.3 is 14.8 Å². The van der Waals surface area contributed by atoms with Gasteiger partial charge in [-0.25, -0.2) is 4.79 Å². The van der Waals surface area contributed by atoms with Gasteiger partial charge in [0.2, 0.25) is 5.91 Å². The van der Waals surface area contributed by atoms with Crippen LogP contribution in [0.2, 0.25) is 0 Å². The summed E-state index contributed by atoms with van der Waals surface area (Å²) in [6.45, 7) is 2.38. The molecule has 0 unspecified atom stereocenters. The highest BCUT2D eigenvalue weighted by Crippen LogP contribution is 2.30. The quantitative estimate of drug-likeness (QED) is 0.795. The maximum Gasteiger partial charge on any atom is 0.328 e. The lowest BCUT2D eigenvalue weighted by atomic mass is 9.96. The molecule has 138 valence electrons. The number of aromatic amines is 1. The molecule has 1 aliphatic heterocycles. The summed E-state index contributed by atoms with van der Waals surface area (Å²) >= 11 is 0. The smallest absolute Gasteiger partial charge is 0.328 e. The van der Waals surface area contributed by atoms with Crippen LogP contribution < -0.4 is 26.0 Å². The number of carbonyl (C=O) groups is 1. The van der Waals surface area contributed by atoms with Crippen LogP contribution >= 0.6 is 0 Å². The molecule has 1 aromatic heterocycles. The Hall–Kier alpha value is -3.03. The molecule has 1 amide bonds. The molecule has 3 rings (SSSR count). The molecule has 26 heavy (non-hydrogen) atoms. The molecule has 0 aliphatic carbocycles. The topological polar surface area (TPSA) is 102 Å². The van der Waals surface area contributed by atoms with Crippen molar-refractivity contribution in [3.05, 3.63) is 56.4 Å². The van der Waals surface area contributed by atoms with E-state index in [1.165, 1.54) is 10.8 Å². The number of carbonyl (C=O) groups excluding carboxylic acids is 1. The molecule has 2 heterocycles. The molecule has 0 spiro atoms. The summed E-state index contributed by atoms with van der Waals surface area (Å²) in [6.07, 6.45) is 2.17. The van der Waals surface area contributed by atoms with E-state index in [-0.39, 0.29) is 18.4 Å². The highest BCUT2D eigenvalue weighted by molar-refractivity contribution is 5.75. The summed E-state index contributed by atoms with van der Waals surface area (Å²) in [7, 11) is 1.61. The molecule has 0 radical (unpaired) electrons. The number of hydrogen-bond donors (Lipinski definition) is 2. The summed E-state index contributed by atoms with van der Waals surface area (Å²) in [4.78, 5) is 37.4. The van der Waals surface area contributed by atoms with E-state index in [0.717, 1.165) is 23.5 Å². The van der Waals surface area contributed by atoms with Gasteiger partial charge in [-0.05, 0) is 25.0 Å². The monoisotopic (exact) mass is 359 g/mol. The minimum Gasteiger partial charge on any atom is -0.497 e. The first kappa shape index (κ1) is 17.8. The summed E-state index contributed by atoms with van der Waals surface area (Å²) in [5, 5.41) is 2.82. The molecule has 1 aliphatic rings. The van der Waals surface area contributed by atoms with E-state index >= 15 is 0 Å². The average molecular weight is 359 g/mol. The molecule has 1 aromatic carbocycles. The van der Waals surface area contributed by atoms with Gasteiger partial charge >= 0.3 is 5.69 Å². The Morgan fingerprint density at radius 3 is 3.00 bits per heavy atom. The fourth-order valence-corrected chi connectivity index (χ4v) is 2.88. The van der Waals surface area contributed by atoms with Crippen LogP contribution in [0.5, 0.6) is 11.5 Å². The predicted octanol–water partition coefficient (Wildman–Crippen LogP) is 0.221. The van der Waals surface area contributed by atoms with Gasteiger partial charge in [-0.15, -0.1) is 0 Å². The van der Waals surface area contributed by atoms with Crippen molar-refractivity contribution >= 4 is 5.91 Å². The number of amides is 1. The number of aryl methyl sites for hydroxylation is 1. The molecule has 8 heteroatoms. The Labute approximate surface area is 149 Å². The predicted molar refractivity (Wildman–Crippen MR) is 94.8 cm³/mol. The lowest BCUT2D eigenvalue weighted by molar-refractivity contribution is -0.122. The van der Waals surface area contributed by atoms with E-state index < -0.39 is 11.2 Å². The molecule has 0 saturated heterocycles. The minimum atomic E-state index is -0.598. The lowest BCUT2D eigenvalue weighted by Crippen LogP contribution is -2.39. The maximum atomic E-state index is 12.1. The number of aromatic nitrogens is 2. The minimum absolute atomic E-state index is 0.141. The number of benzene rings is 1. The Bertz CT molecular complexity index is 931. The fraction of sp³-hybridized carbons (Fsp3) is 0.389. The van der Waals surface area contributed by atoms with E-state index in [1.807, 2.05) is 18.2 Å². The molecule has 2 aromatic rings. The van der Waals surface area contributed by atoms with Crippen LogP contribution in [0.1, 0.15) is 11.1 Å². The van der Waals surface area contributed by atoms with Crippen molar-refractivity contribution in [3.8, 4) is 11.5 Å². The van der Waals surface area contributed by atoms with Crippen LogP contribution in [0.25, 0.3) is 0 Å². The first-order valence-corrected chi connectivity index (χ1v) is 8.33. The zero-order valence-electron chi connectivity index (χ0n) is 14.7. The third-order valence-corrected chi connectivity index (χ3v) is 4.35. The van der Waals surface area contributed by atoms with Crippen LogP contribution in [0.3, 0.4) is 0 Å². The van der Waals surface area contributed by atoms with Crippen molar-refractivity contribution in [2.75, 3.05) is 20.3 Å². The van der Waals surface area contributed by atoms with Crippen LogP contribution in [0.15, 0.2) is 34.0 Å². The van der Waals surface area contributed by atoms with Crippen LogP contribution in [0, 0.1) is 12.8 Å². The zero-order chi connectivity index (χ0) is 18.7. The van der Waals surface area contributed by atoms with Crippen molar-refractivity contribution in [2.45, 2.75) is 19.9 Å². The Morgan fingerprint density at radius 2 is 2.23 bits per heavy atom. The van der Waals surface area contributed by atoms with Crippen molar-refractivity contribution in [2.24, 2.45) is 5.92 Å². The second-order valence-electron chi connectivity index (χ2n) is 6.36. The highest BCUT2D eigenvalue weighted by atomic mass is 16.5. The fourth-order valence-electron chi connectivity index (χ4n) is 2.88. The summed E-state index contributed by atoms with van der Waals surface area (Å²) in [5.74, 6) is 1.41. The Kier molecular flexibility index (Phi) is 5.11. The van der Waals surface area contributed by atoms with E-state index in [0.29, 0.717) is 18.7 Å². The third kappa shape index (κ3) is 3.96. The SMILES string of the molecule is COc1ccc2c(c1)OC[C@@H](CNC(=O)Cn1cc(C)c(=O)[nH]c1=O)C2. The highest BCUT2D eigenvalue weighted by Gasteiger charge is 2.21. The largest absolute Gasteiger partial charge is 0.497 e. The molecule has 2 N–H and O–H groups in total. The molecular weight excluding hydrogens is 338 g/mol. The van der Waals surface area contributed by atoms with Crippen LogP contribution in [-0.4, -0.2) is 35.7 Å². The van der Waals surface area contributed by atoms with Crippen LogP contribution in [-0.2, 0) is 17.8 Å². The zero-order valence-corrected chi connectivity index (χ0v) is 14.7. The Balaban J connectivity index is 1.56. The standard InChI is InChI=1S/C18H21N3O5/c1-11-8-21(18(24)20-17(11)23)9-16(22)19-7-12-5-13-3-4-14(25-2)6-15(13)26-10-12/h3-4,6,8,12H,5,7,9-10H2,1-2H3,(H,19,22)(H,20,23,24)/t12-/m1/s1. The molecule has 8 nitrogen and oxygen atoms in total. The van der Waals surface area contributed by atoms with Gasteiger partial charge in [0.25, 0.3) is 5.56 Å².